The van der Waals surface area contributed by atoms with Gasteiger partial charge in [-0.25, -0.2) is 4.79 Å². The topological polar surface area (TPSA) is 175 Å². The molecule has 0 spiro atoms. The fourth-order valence-corrected chi connectivity index (χ4v) is 8.54. The van der Waals surface area contributed by atoms with Gasteiger partial charge < -0.3 is 39.0 Å². The van der Waals surface area contributed by atoms with Gasteiger partial charge >= 0.3 is 23.9 Å². The molecule has 77 heavy (non-hydrogen) atoms. The highest BCUT2D eigenvalue weighted by molar-refractivity contribution is 5.74. The minimum atomic E-state index is -1.92. The van der Waals surface area contributed by atoms with Gasteiger partial charge in [0.2, 0.25) is 0 Å². The van der Waals surface area contributed by atoms with Gasteiger partial charge in [0.1, 0.15) is 18.8 Å². The van der Waals surface area contributed by atoms with Crippen LogP contribution in [0.5, 0.6) is 0 Å². The van der Waals surface area contributed by atoms with Gasteiger partial charge in [0.25, 0.3) is 0 Å². The maximum Gasteiger partial charge on any atom is 0.335 e. The van der Waals surface area contributed by atoms with Gasteiger partial charge in [-0.05, 0) is 116 Å². The van der Waals surface area contributed by atoms with E-state index in [9.17, 15) is 34.5 Å². The average molecular weight is 1080 g/mol. The minimum Gasteiger partial charge on any atom is -0.479 e. The summed E-state index contributed by atoms with van der Waals surface area (Å²) < 4.78 is 28.4. The second kappa shape index (κ2) is 52.3. The molecule has 6 unspecified atom stereocenters. The molecule has 0 aromatic carbocycles. The number of carboxylic acid groups (broad SMARTS) is 1. The SMILES string of the molecule is CC/C=C\C/C=C\C/C=C\C/C=C\CCCCCCC(=O)OC1C(OCC(COC(=O)CCCCCCCCC/C=C\CCCCCCCC)OC(=O)CCCCC/C=C\C/C=C\C/C=C\CC)OC(C(=O)O)C(O)C1O. The van der Waals surface area contributed by atoms with Crippen LogP contribution in [0.2, 0.25) is 0 Å². The molecule has 0 bridgehead atoms. The highest BCUT2D eigenvalue weighted by atomic mass is 16.7. The standard InChI is InChI=1S/C65H106O12/c1-4-7-10-13-16-19-22-25-27-29-31-34-36-39-42-45-48-51-57(66)73-54-56(75-58(67)52-49-46-43-40-37-33-24-21-18-15-12-9-6-3)55-74-65-63(61(70)60(69)62(77-65)64(71)72)76-59(68)53-50-47-44-41-38-35-32-30-28-26-23-20-17-14-11-8-5-2/h8-9,11-12,17-18,20-21,25-28,32-33,35,37,56,60-63,65,69-70H,4-7,10,13-16,19,22-24,29-31,34,36,38-55H2,1-3H3,(H,71,72)/b11-8-,12-9-,20-17-,21-18-,27-25-,28-26-,35-32-,37-33-. The van der Waals surface area contributed by atoms with Crippen molar-refractivity contribution in [2.24, 2.45) is 0 Å². The first kappa shape index (κ1) is 70.7. The fourth-order valence-electron chi connectivity index (χ4n) is 8.54. The summed E-state index contributed by atoms with van der Waals surface area (Å²) in [5, 5.41) is 31.5. The first-order chi connectivity index (χ1) is 37.6. The summed E-state index contributed by atoms with van der Waals surface area (Å²) in [6.45, 7) is 5.72. The smallest absolute Gasteiger partial charge is 0.335 e. The summed E-state index contributed by atoms with van der Waals surface area (Å²) in [5.74, 6) is -3.20. The van der Waals surface area contributed by atoms with Crippen LogP contribution in [0.4, 0.5) is 0 Å². The van der Waals surface area contributed by atoms with E-state index in [1.807, 2.05) is 0 Å². The molecule has 6 atom stereocenters. The Labute approximate surface area is 466 Å². The van der Waals surface area contributed by atoms with Gasteiger partial charge in [-0.15, -0.1) is 0 Å². The lowest BCUT2D eigenvalue weighted by Gasteiger charge is -2.40. The van der Waals surface area contributed by atoms with Gasteiger partial charge in [-0.3, -0.25) is 14.4 Å². The molecule has 1 aliphatic rings. The summed E-state index contributed by atoms with van der Waals surface area (Å²) in [6, 6.07) is 0. The van der Waals surface area contributed by atoms with Crippen LogP contribution in [0.15, 0.2) is 97.2 Å². The van der Waals surface area contributed by atoms with E-state index in [4.69, 9.17) is 23.7 Å². The van der Waals surface area contributed by atoms with Crippen molar-refractivity contribution in [2.45, 2.75) is 276 Å². The molecule has 0 radical (unpaired) electrons. The van der Waals surface area contributed by atoms with Crippen LogP contribution in [-0.4, -0.2) is 89.2 Å². The summed E-state index contributed by atoms with van der Waals surface area (Å²) in [5.41, 5.74) is 0. The van der Waals surface area contributed by atoms with E-state index < -0.39 is 67.3 Å². The van der Waals surface area contributed by atoms with Gasteiger partial charge in [0, 0.05) is 19.3 Å². The van der Waals surface area contributed by atoms with Crippen LogP contribution < -0.4 is 0 Å². The Balaban J connectivity index is 2.71. The van der Waals surface area contributed by atoms with E-state index >= 15 is 0 Å². The zero-order valence-corrected chi connectivity index (χ0v) is 48.2. The molecular formula is C65H106O12. The van der Waals surface area contributed by atoms with E-state index in [0.29, 0.717) is 19.3 Å². The van der Waals surface area contributed by atoms with Crippen molar-refractivity contribution in [3.8, 4) is 0 Å². The van der Waals surface area contributed by atoms with E-state index in [1.165, 1.54) is 57.8 Å². The third-order valence-electron chi connectivity index (χ3n) is 13.1. The summed E-state index contributed by atoms with van der Waals surface area (Å²) >= 11 is 0. The predicted molar refractivity (Wildman–Crippen MR) is 312 cm³/mol. The number of carboxylic acids is 1. The Bertz CT molecular complexity index is 1710. The number of hydrogen-bond acceptors (Lipinski definition) is 11. The van der Waals surface area contributed by atoms with Crippen molar-refractivity contribution >= 4 is 23.9 Å². The number of allylic oxidation sites excluding steroid dienone is 16. The third kappa shape index (κ3) is 42.3. The number of unbranched alkanes of at least 4 members (excludes halogenated alkanes) is 20. The third-order valence-corrected chi connectivity index (χ3v) is 13.1. The number of aliphatic hydroxyl groups is 2. The number of ether oxygens (including phenoxy) is 5. The lowest BCUT2D eigenvalue weighted by Crippen LogP contribution is -2.61. The molecule has 1 saturated heterocycles. The molecule has 0 amide bonds. The average Bonchev–Trinajstić information content (AvgIpc) is 3.42. The Hall–Kier alpha value is -4.36. The molecule has 0 aromatic rings. The molecule has 1 rings (SSSR count). The number of esters is 3. The van der Waals surface area contributed by atoms with Crippen molar-refractivity contribution in [1.29, 1.82) is 0 Å². The highest BCUT2D eigenvalue weighted by Gasteiger charge is 2.50. The normalized spacial score (nSPS) is 18.7. The molecule has 0 aromatic heterocycles. The molecular weight excluding hydrogens is 973 g/mol. The molecule has 1 aliphatic heterocycles. The Morgan fingerprint density at radius 2 is 0.818 bits per heavy atom. The van der Waals surface area contributed by atoms with E-state index in [0.717, 1.165) is 122 Å². The van der Waals surface area contributed by atoms with Gasteiger partial charge in [-0.2, -0.15) is 0 Å². The number of aliphatic carboxylic acids is 1. The fraction of sp³-hybridized carbons (Fsp3) is 0.692. The first-order valence-corrected chi connectivity index (χ1v) is 30.2. The molecule has 3 N–H and O–H groups in total. The highest BCUT2D eigenvalue weighted by Crippen LogP contribution is 2.26. The summed E-state index contributed by atoms with van der Waals surface area (Å²) in [6.07, 6.45) is 56.6. The lowest BCUT2D eigenvalue weighted by molar-refractivity contribution is -0.301. The maximum absolute atomic E-state index is 13.1. The number of carbonyl (C=O) groups excluding carboxylic acids is 3. The monoisotopic (exact) mass is 1080 g/mol. The molecule has 0 saturated carbocycles. The minimum absolute atomic E-state index is 0.0244. The first-order valence-electron chi connectivity index (χ1n) is 30.2. The zero-order chi connectivity index (χ0) is 56.1. The Kier molecular flexibility index (Phi) is 48.0. The van der Waals surface area contributed by atoms with Gasteiger partial charge in [0.15, 0.2) is 24.6 Å². The molecule has 0 aliphatic carbocycles. The van der Waals surface area contributed by atoms with Crippen LogP contribution >= 0.6 is 0 Å². The van der Waals surface area contributed by atoms with E-state index in [-0.39, 0.29) is 25.9 Å². The van der Waals surface area contributed by atoms with Crippen LogP contribution in [0.1, 0.15) is 239 Å². The lowest BCUT2D eigenvalue weighted by atomic mass is 9.98. The summed E-state index contributed by atoms with van der Waals surface area (Å²) in [7, 11) is 0. The van der Waals surface area contributed by atoms with Crippen LogP contribution in [0.3, 0.4) is 0 Å². The quantitative estimate of drug-likeness (QED) is 0.0228. The van der Waals surface area contributed by atoms with Crippen LogP contribution in [0, 0.1) is 0 Å². The van der Waals surface area contributed by atoms with Gasteiger partial charge in [-0.1, -0.05) is 201 Å². The Morgan fingerprint density at radius 3 is 1.27 bits per heavy atom. The second-order valence-corrected chi connectivity index (χ2v) is 20.2. The van der Waals surface area contributed by atoms with Crippen molar-refractivity contribution < 1.29 is 58.2 Å². The van der Waals surface area contributed by atoms with E-state index in [2.05, 4.69) is 118 Å². The molecule has 438 valence electrons. The molecule has 12 heteroatoms. The van der Waals surface area contributed by atoms with Crippen molar-refractivity contribution in [3.63, 3.8) is 0 Å². The molecule has 12 nitrogen and oxygen atoms in total. The number of rotatable bonds is 50. The number of carbonyl (C=O) groups is 4. The molecule has 1 heterocycles. The summed E-state index contributed by atoms with van der Waals surface area (Å²) in [4.78, 5) is 51.2. The Morgan fingerprint density at radius 1 is 0.442 bits per heavy atom. The number of hydrogen-bond donors (Lipinski definition) is 3. The van der Waals surface area contributed by atoms with Crippen molar-refractivity contribution in [3.05, 3.63) is 97.2 Å². The van der Waals surface area contributed by atoms with Crippen LogP contribution in [0.25, 0.3) is 0 Å². The largest absolute Gasteiger partial charge is 0.479 e. The van der Waals surface area contributed by atoms with Crippen molar-refractivity contribution in [1.82, 2.24) is 0 Å². The zero-order valence-electron chi connectivity index (χ0n) is 48.2. The predicted octanol–water partition coefficient (Wildman–Crippen LogP) is 15.7. The maximum atomic E-state index is 13.1. The van der Waals surface area contributed by atoms with Crippen LogP contribution in [-0.2, 0) is 42.9 Å². The van der Waals surface area contributed by atoms with Gasteiger partial charge in [0.05, 0.1) is 6.61 Å². The second-order valence-electron chi connectivity index (χ2n) is 20.2. The van der Waals surface area contributed by atoms with Crippen molar-refractivity contribution in [2.75, 3.05) is 13.2 Å². The molecule has 1 fully saturated rings. The number of aliphatic hydroxyl groups excluding tert-OH is 2. The van der Waals surface area contributed by atoms with E-state index in [1.54, 1.807) is 0 Å².